The van der Waals surface area contributed by atoms with Gasteiger partial charge in [0.05, 0.1) is 23.6 Å². The molecule has 0 aliphatic carbocycles. The number of aromatic nitrogens is 2. The molecule has 1 aromatic heterocycles. The van der Waals surface area contributed by atoms with E-state index in [0.717, 1.165) is 29.4 Å². The van der Waals surface area contributed by atoms with E-state index in [-0.39, 0.29) is 18.0 Å². The molecule has 0 fully saturated rings. The van der Waals surface area contributed by atoms with Crippen LogP contribution < -0.4 is 15.8 Å². The van der Waals surface area contributed by atoms with Gasteiger partial charge in [-0.2, -0.15) is 0 Å². The van der Waals surface area contributed by atoms with Crippen LogP contribution >= 0.6 is 11.8 Å². The quantitative estimate of drug-likeness (QED) is 0.739. The molecule has 1 aliphatic rings. The van der Waals surface area contributed by atoms with Gasteiger partial charge in [0, 0.05) is 24.2 Å². The highest BCUT2D eigenvalue weighted by Gasteiger charge is 2.22. The van der Waals surface area contributed by atoms with Gasteiger partial charge in [-0.1, -0.05) is 30.3 Å². The van der Waals surface area contributed by atoms with E-state index >= 15 is 0 Å². The third kappa shape index (κ3) is 3.33. The normalized spacial score (nSPS) is 13.3. The molecule has 1 amide bonds. The van der Waals surface area contributed by atoms with E-state index in [9.17, 15) is 9.59 Å². The zero-order valence-corrected chi connectivity index (χ0v) is 16.7. The van der Waals surface area contributed by atoms with Gasteiger partial charge in [0.25, 0.3) is 5.56 Å². The molecule has 2 aromatic carbocycles. The zero-order valence-electron chi connectivity index (χ0n) is 15.9. The standard InChI is InChI=1S/C21H22N4O2S/c1-15-20(21(27)25(23(15)2)16-8-4-3-5-9-16)22-19(26)14-24-12-13-28-18-11-7-6-10-17(18)24/h3-11H,12-14H2,1-2H3,(H,22,26). The number of nitrogens with zero attached hydrogens (tertiary/aromatic N) is 3. The van der Waals surface area contributed by atoms with Crippen LogP contribution in [0.4, 0.5) is 11.4 Å². The van der Waals surface area contributed by atoms with Crippen LogP contribution in [0.2, 0.25) is 0 Å². The molecule has 3 aromatic rings. The first kappa shape index (κ1) is 18.4. The number of amides is 1. The van der Waals surface area contributed by atoms with Gasteiger partial charge in [-0.15, -0.1) is 11.8 Å². The summed E-state index contributed by atoms with van der Waals surface area (Å²) in [6, 6.07) is 17.5. The summed E-state index contributed by atoms with van der Waals surface area (Å²) < 4.78 is 3.33. The minimum absolute atomic E-state index is 0.187. The molecule has 0 bridgehead atoms. The van der Waals surface area contributed by atoms with Crippen LogP contribution in [0, 0.1) is 6.92 Å². The second-order valence-corrected chi connectivity index (χ2v) is 7.86. The van der Waals surface area contributed by atoms with Crippen LogP contribution in [-0.2, 0) is 11.8 Å². The van der Waals surface area contributed by atoms with Crippen molar-refractivity contribution in [3.8, 4) is 5.69 Å². The molecule has 1 aliphatic heterocycles. The number of nitrogens with one attached hydrogen (secondary N) is 1. The average molecular weight is 395 g/mol. The summed E-state index contributed by atoms with van der Waals surface area (Å²) in [7, 11) is 1.82. The predicted molar refractivity (Wildman–Crippen MR) is 114 cm³/mol. The first-order chi connectivity index (χ1) is 13.6. The molecule has 2 heterocycles. The number of benzene rings is 2. The molecule has 0 saturated heterocycles. The maximum atomic E-state index is 12.9. The Bertz CT molecular complexity index is 1070. The first-order valence-corrected chi connectivity index (χ1v) is 10.2. The fourth-order valence-electron chi connectivity index (χ4n) is 3.46. The fourth-order valence-corrected chi connectivity index (χ4v) is 4.51. The monoisotopic (exact) mass is 394 g/mol. The van der Waals surface area contributed by atoms with Crippen LogP contribution in [0.5, 0.6) is 0 Å². The number of fused-ring (bicyclic) bond motifs is 1. The highest BCUT2D eigenvalue weighted by molar-refractivity contribution is 7.99. The van der Waals surface area contributed by atoms with Gasteiger partial charge in [-0.3, -0.25) is 14.3 Å². The van der Waals surface area contributed by atoms with Gasteiger partial charge >= 0.3 is 0 Å². The molecule has 28 heavy (non-hydrogen) atoms. The Balaban J connectivity index is 1.57. The van der Waals surface area contributed by atoms with Crippen LogP contribution in [0.25, 0.3) is 5.69 Å². The summed E-state index contributed by atoms with van der Waals surface area (Å²) >= 11 is 1.80. The molecule has 0 unspecified atom stereocenters. The summed E-state index contributed by atoms with van der Waals surface area (Å²) in [5.41, 5.74) is 2.66. The average Bonchev–Trinajstić information content (AvgIpc) is 2.92. The minimum atomic E-state index is -0.228. The fraction of sp³-hybridized carbons (Fsp3) is 0.238. The SMILES string of the molecule is Cc1c(NC(=O)CN2CCSc3ccccc32)c(=O)n(-c2ccccc2)n1C. The van der Waals surface area contributed by atoms with Crippen molar-refractivity contribution in [1.29, 1.82) is 0 Å². The van der Waals surface area contributed by atoms with E-state index in [4.69, 9.17) is 0 Å². The van der Waals surface area contributed by atoms with E-state index in [0.29, 0.717) is 5.69 Å². The molecule has 144 valence electrons. The Morgan fingerprint density at radius 1 is 1.11 bits per heavy atom. The minimum Gasteiger partial charge on any atom is -0.360 e. The van der Waals surface area contributed by atoms with E-state index in [1.54, 1.807) is 21.1 Å². The van der Waals surface area contributed by atoms with Crippen molar-refractivity contribution in [2.75, 3.05) is 29.1 Å². The number of carbonyl (C=O) groups is 1. The third-order valence-electron chi connectivity index (χ3n) is 4.98. The summed E-state index contributed by atoms with van der Waals surface area (Å²) in [6.07, 6.45) is 0. The van der Waals surface area contributed by atoms with Crippen LogP contribution in [0.1, 0.15) is 5.69 Å². The topological polar surface area (TPSA) is 59.3 Å². The number of hydrogen-bond donors (Lipinski definition) is 1. The van der Waals surface area contributed by atoms with Crippen LogP contribution in [0.15, 0.2) is 64.3 Å². The maximum absolute atomic E-state index is 12.9. The molecule has 0 saturated carbocycles. The largest absolute Gasteiger partial charge is 0.360 e. The van der Waals surface area contributed by atoms with Crippen LogP contribution in [0.3, 0.4) is 0 Å². The predicted octanol–water partition coefficient (Wildman–Crippen LogP) is 3.04. The van der Waals surface area contributed by atoms with Gasteiger partial charge in [0.1, 0.15) is 5.69 Å². The number of hydrogen-bond acceptors (Lipinski definition) is 4. The lowest BCUT2D eigenvalue weighted by atomic mass is 10.2. The molecule has 4 rings (SSSR count). The summed E-state index contributed by atoms with van der Waals surface area (Å²) in [6.45, 7) is 2.86. The molecule has 0 atom stereocenters. The zero-order chi connectivity index (χ0) is 19.7. The number of anilines is 2. The van der Waals surface area contributed by atoms with Crippen molar-refractivity contribution < 1.29 is 4.79 Å². The Hall–Kier alpha value is -2.93. The van der Waals surface area contributed by atoms with Crippen molar-refractivity contribution in [2.45, 2.75) is 11.8 Å². The Kier molecular flexibility index (Phi) is 5.00. The molecular weight excluding hydrogens is 372 g/mol. The number of para-hydroxylation sites is 2. The lowest BCUT2D eigenvalue weighted by Crippen LogP contribution is -2.37. The summed E-state index contributed by atoms with van der Waals surface area (Å²) in [4.78, 5) is 28.9. The second kappa shape index (κ2) is 7.59. The van der Waals surface area contributed by atoms with Crippen molar-refractivity contribution >= 4 is 29.0 Å². The van der Waals surface area contributed by atoms with Gasteiger partial charge in [-0.05, 0) is 31.2 Å². The van der Waals surface area contributed by atoms with Crippen LogP contribution in [-0.4, -0.2) is 34.1 Å². The Morgan fingerprint density at radius 2 is 1.82 bits per heavy atom. The van der Waals surface area contributed by atoms with Gasteiger partial charge < -0.3 is 10.2 Å². The smallest absolute Gasteiger partial charge is 0.295 e. The van der Waals surface area contributed by atoms with E-state index in [2.05, 4.69) is 16.3 Å². The second-order valence-electron chi connectivity index (χ2n) is 6.72. The number of carbonyl (C=O) groups excluding carboxylic acids is 1. The molecule has 0 spiro atoms. The molecule has 6 nitrogen and oxygen atoms in total. The highest BCUT2D eigenvalue weighted by Crippen LogP contribution is 2.34. The van der Waals surface area contributed by atoms with Crippen molar-refractivity contribution in [3.63, 3.8) is 0 Å². The lowest BCUT2D eigenvalue weighted by Gasteiger charge is -2.30. The van der Waals surface area contributed by atoms with Crippen molar-refractivity contribution in [2.24, 2.45) is 7.05 Å². The van der Waals surface area contributed by atoms with Gasteiger partial charge in [0.2, 0.25) is 5.91 Å². The van der Waals surface area contributed by atoms with E-state index in [1.807, 2.05) is 62.5 Å². The Morgan fingerprint density at radius 3 is 2.61 bits per heavy atom. The van der Waals surface area contributed by atoms with Crippen molar-refractivity contribution in [1.82, 2.24) is 9.36 Å². The van der Waals surface area contributed by atoms with E-state index in [1.165, 1.54) is 4.90 Å². The molecule has 0 radical (unpaired) electrons. The van der Waals surface area contributed by atoms with Gasteiger partial charge in [-0.25, -0.2) is 4.68 Å². The summed E-state index contributed by atoms with van der Waals surface area (Å²) in [5, 5.41) is 2.85. The molecular formula is C21H22N4O2S. The van der Waals surface area contributed by atoms with Crippen molar-refractivity contribution in [3.05, 3.63) is 70.6 Å². The molecule has 7 heteroatoms. The first-order valence-electron chi connectivity index (χ1n) is 9.17. The molecule has 1 N–H and O–H groups in total. The third-order valence-corrected chi connectivity index (χ3v) is 6.02. The number of rotatable bonds is 4. The van der Waals surface area contributed by atoms with E-state index < -0.39 is 0 Å². The summed E-state index contributed by atoms with van der Waals surface area (Å²) in [5.74, 6) is 0.753. The van der Waals surface area contributed by atoms with Gasteiger partial charge in [0.15, 0.2) is 0 Å². The number of thioether (sulfide) groups is 1. The Labute approximate surface area is 167 Å². The maximum Gasteiger partial charge on any atom is 0.295 e. The lowest BCUT2D eigenvalue weighted by molar-refractivity contribution is -0.115. The highest BCUT2D eigenvalue weighted by atomic mass is 32.2.